The van der Waals surface area contributed by atoms with E-state index in [1.54, 1.807) is 4.90 Å². The SMILES string of the molecule is CCc1ccc(N(C(O)CC)C(O)CC)cc1. The minimum Gasteiger partial charge on any atom is -0.374 e. The molecule has 1 rings (SSSR count). The Morgan fingerprint density at radius 1 is 0.941 bits per heavy atom. The van der Waals surface area contributed by atoms with E-state index in [1.807, 2.05) is 38.1 Å². The molecule has 0 aliphatic rings. The first-order chi connectivity index (χ1) is 8.13. The third-order valence-electron chi connectivity index (χ3n) is 3.02. The van der Waals surface area contributed by atoms with Crippen LogP contribution < -0.4 is 4.90 Å². The molecule has 1 aromatic rings. The van der Waals surface area contributed by atoms with Crippen molar-refractivity contribution in [1.29, 1.82) is 0 Å². The van der Waals surface area contributed by atoms with E-state index in [-0.39, 0.29) is 0 Å². The molecule has 0 bridgehead atoms. The summed E-state index contributed by atoms with van der Waals surface area (Å²) in [6.07, 6.45) is 0.890. The maximum Gasteiger partial charge on any atom is 0.128 e. The van der Waals surface area contributed by atoms with Crippen LogP contribution in [0.5, 0.6) is 0 Å². The van der Waals surface area contributed by atoms with Gasteiger partial charge in [0, 0.05) is 5.69 Å². The van der Waals surface area contributed by atoms with Gasteiger partial charge in [-0.3, -0.25) is 0 Å². The largest absolute Gasteiger partial charge is 0.374 e. The van der Waals surface area contributed by atoms with Gasteiger partial charge in [-0.25, -0.2) is 0 Å². The highest BCUT2D eigenvalue weighted by molar-refractivity contribution is 5.48. The number of nitrogens with zero attached hydrogens (tertiary/aromatic N) is 1. The van der Waals surface area contributed by atoms with Crippen molar-refractivity contribution in [2.75, 3.05) is 4.90 Å². The standard InChI is InChI=1S/C14H23NO2/c1-4-11-7-9-12(10-8-11)15(13(16)5-2)14(17)6-3/h7-10,13-14,16-17H,4-6H2,1-3H3. The fraction of sp³-hybridized carbons (Fsp3) is 0.571. The molecule has 3 heteroatoms. The molecule has 96 valence electrons. The van der Waals surface area contributed by atoms with Gasteiger partial charge in [-0.1, -0.05) is 32.9 Å². The van der Waals surface area contributed by atoms with Crippen LogP contribution in [0.3, 0.4) is 0 Å². The van der Waals surface area contributed by atoms with Gasteiger partial charge in [-0.05, 0) is 37.0 Å². The first-order valence-electron chi connectivity index (χ1n) is 6.37. The highest BCUT2D eigenvalue weighted by Crippen LogP contribution is 2.21. The van der Waals surface area contributed by atoms with Crippen LogP contribution in [-0.4, -0.2) is 22.7 Å². The molecule has 3 nitrogen and oxygen atoms in total. The molecule has 0 saturated carbocycles. The van der Waals surface area contributed by atoms with Crippen LogP contribution in [0.4, 0.5) is 5.69 Å². The first-order valence-corrected chi connectivity index (χ1v) is 6.37. The lowest BCUT2D eigenvalue weighted by molar-refractivity contribution is 0.0798. The fourth-order valence-corrected chi connectivity index (χ4v) is 1.84. The van der Waals surface area contributed by atoms with E-state index >= 15 is 0 Å². The molecule has 0 spiro atoms. The molecular weight excluding hydrogens is 214 g/mol. The average Bonchev–Trinajstić information content (AvgIpc) is 2.39. The number of aliphatic hydroxyl groups excluding tert-OH is 2. The summed E-state index contributed by atoms with van der Waals surface area (Å²) < 4.78 is 0. The minimum atomic E-state index is -0.641. The van der Waals surface area contributed by atoms with Crippen molar-refractivity contribution in [3.8, 4) is 0 Å². The number of hydrogen-bond acceptors (Lipinski definition) is 3. The Bertz CT molecular complexity index is 313. The Hall–Kier alpha value is -1.06. The number of aryl methyl sites for hydroxylation is 1. The zero-order valence-corrected chi connectivity index (χ0v) is 10.9. The van der Waals surface area contributed by atoms with Gasteiger partial charge in [0.15, 0.2) is 0 Å². The van der Waals surface area contributed by atoms with Crippen LogP contribution >= 0.6 is 0 Å². The molecule has 0 heterocycles. The van der Waals surface area contributed by atoms with Crippen molar-refractivity contribution in [2.45, 2.75) is 52.5 Å². The van der Waals surface area contributed by atoms with Crippen LogP contribution in [0.25, 0.3) is 0 Å². The summed E-state index contributed by atoms with van der Waals surface area (Å²) in [7, 11) is 0. The van der Waals surface area contributed by atoms with Gasteiger partial charge in [0.25, 0.3) is 0 Å². The second-order valence-electron chi connectivity index (χ2n) is 4.21. The molecule has 2 unspecified atom stereocenters. The summed E-state index contributed by atoms with van der Waals surface area (Å²) in [5.74, 6) is 0. The van der Waals surface area contributed by atoms with Crippen molar-refractivity contribution >= 4 is 5.69 Å². The van der Waals surface area contributed by atoms with Crippen molar-refractivity contribution in [1.82, 2.24) is 0 Å². The van der Waals surface area contributed by atoms with E-state index in [4.69, 9.17) is 0 Å². The normalized spacial score (nSPS) is 14.4. The lowest BCUT2D eigenvalue weighted by atomic mass is 10.1. The highest BCUT2D eigenvalue weighted by atomic mass is 16.3. The minimum absolute atomic E-state index is 0.590. The zero-order valence-electron chi connectivity index (χ0n) is 10.9. The Morgan fingerprint density at radius 2 is 1.41 bits per heavy atom. The monoisotopic (exact) mass is 237 g/mol. The van der Waals surface area contributed by atoms with Crippen LogP contribution in [0, 0.1) is 0 Å². The van der Waals surface area contributed by atoms with Crippen LogP contribution in [-0.2, 0) is 6.42 Å². The number of aliphatic hydroxyl groups is 2. The third-order valence-corrected chi connectivity index (χ3v) is 3.02. The van der Waals surface area contributed by atoms with Gasteiger partial charge >= 0.3 is 0 Å². The molecule has 0 aromatic heterocycles. The fourth-order valence-electron chi connectivity index (χ4n) is 1.84. The summed E-state index contributed by atoms with van der Waals surface area (Å²) in [6.45, 7) is 5.91. The van der Waals surface area contributed by atoms with Crippen molar-refractivity contribution in [2.24, 2.45) is 0 Å². The topological polar surface area (TPSA) is 43.7 Å². The van der Waals surface area contributed by atoms with Gasteiger partial charge < -0.3 is 15.1 Å². The maximum absolute atomic E-state index is 9.97. The molecule has 0 fully saturated rings. The van der Waals surface area contributed by atoms with Gasteiger partial charge in [-0.15, -0.1) is 0 Å². The second kappa shape index (κ2) is 6.62. The van der Waals surface area contributed by atoms with E-state index in [0.717, 1.165) is 12.1 Å². The Kier molecular flexibility index (Phi) is 5.45. The van der Waals surface area contributed by atoms with Crippen LogP contribution in [0.15, 0.2) is 24.3 Å². The van der Waals surface area contributed by atoms with Crippen LogP contribution in [0.2, 0.25) is 0 Å². The predicted octanol–water partition coefficient (Wildman–Crippen LogP) is 2.51. The molecule has 1 aromatic carbocycles. The van der Waals surface area contributed by atoms with E-state index in [0.29, 0.717) is 12.8 Å². The van der Waals surface area contributed by atoms with Crippen molar-refractivity contribution in [3.05, 3.63) is 29.8 Å². The van der Waals surface area contributed by atoms with Crippen molar-refractivity contribution in [3.63, 3.8) is 0 Å². The molecule has 0 aliphatic carbocycles. The molecular formula is C14H23NO2. The molecule has 2 atom stereocenters. The number of benzene rings is 1. The quantitative estimate of drug-likeness (QED) is 0.747. The van der Waals surface area contributed by atoms with E-state index < -0.39 is 12.5 Å². The molecule has 0 saturated heterocycles. The molecule has 2 N–H and O–H groups in total. The zero-order chi connectivity index (χ0) is 12.8. The van der Waals surface area contributed by atoms with Crippen LogP contribution in [0.1, 0.15) is 39.2 Å². The van der Waals surface area contributed by atoms with Gasteiger partial charge in [-0.2, -0.15) is 0 Å². The smallest absolute Gasteiger partial charge is 0.128 e. The van der Waals surface area contributed by atoms with Gasteiger partial charge in [0.05, 0.1) is 0 Å². The number of anilines is 1. The summed E-state index contributed by atoms with van der Waals surface area (Å²) in [4.78, 5) is 1.67. The second-order valence-corrected chi connectivity index (χ2v) is 4.21. The summed E-state index contributed by atoms with van der Waals surface area (Å²) in [5.41, 5.74) is 2.12. The third kappa shape index (κ3) is 3.45. The van der Waals surface area contributed by atoms with Crippen molar-refractivity contribution < 1.29 is 10.2 Å². The number of rotatable bonds is 6. The van der Waals surface area contributed by atoms with E-state index in [1.165, 1.54) is 5.56 Å². The Balaban J connectivity index is 2.95. The molecule has 17 heavy (non-hydrogen) atoms. The Labute approximate surface area is 104 Å². The maximum atomic E-state index is 9.97. The summed E-state index contributed by atoms with van der Waals surface area (Å²) in [6, 6.07) is 7.98. The molecule has 0 amide bonds. The lowest BCUT2D eigenvalue weighted by Gasteiger charge is -2.33. The van der Waals surface area contributed by atoms with E-state index in [9.17, 15) is 10.2 Å². The van der Waals surface area contributed by atoms with E-state index in [2.05, 4.69) is 6.92 Å². The van der Waals surface area contributed by atoms with Gasteiger partial charge in [0.2, 0.25) is 0 Å². The molecule has 0 radical (unpaired) electrons. The lowest BCUT2D eigenvalue weighted by Crippen LogP contribution is -2.43. The summed E-state index contributed by atoms with van der Waals surface area (Å²) in [5, 5.41) is 19.9. The van der Waals surface area contributed by atoms with Gasteiger partial charge in [0.1, 0.15) is 12.5 Å². The summed E-state index contributed by atoms with van der Waals surface area (Å²) >= 11 is 0. The first kappa shape index (κ1) is 14.0. The average molecular weight is 237 g/mol. The Morgan fingerprint density at radius 3 is 1.76 bits per heavy atom. The highest BCUT2D eigenvalue weighted by Gasteiger charge is 2.20. The number of hydrogen-bond donors (Lipinski definition) is 2. The predicted molar refractivity (Wildman–Crippen MR) is 70.9 cm³/mol. The molecule has 0 aliphatic heterocycles.